The van der Waals surface area contributed by atoms with Gasteiger partial charge in [0.25, 0.3) is 0 Å². The van der Waals surface area contributed by atoms with E-state index in [1.54, 1.807) is 19.9 Å². The van der Waals surface area contributed by atoms with Gasteiger partial charge in [0, 0.05) is 42.7 Å². The molecule has 182 valence electrons. The molecule has 0 bridgehead atoms. The van der Waals surface area contributed by atoms with Crippen molar-refractivity contribution < 1.29 is 17.6 Å². The average Bonchev–Trinajstić information content (AvgIpc) is 2.74. The Bertz CT molecular complexity index is 1170. The number of halogens is 4. The number of nitrogen functional groups attached to an aromatic ring is 1. The van der Waals surface area contributed by atoms with Crippen molar-refractivity contribution in [1.82, 2.24) is 24.8 Å². The van der Waals surface area contributed by atoms with Crippen LogP contribution in [0.2, 0.25) is 0 Å². The second kappa shape index (κ2) is 9.16. The maximum atomic E-state index is 14.2. The molecule has 1 fully saturated rings. The lowest BCUT2D eigenvalue weighted by Gasteiger charge is -2.37. The van der Waals surface area contributed by atoms with Crippen molar-refractivity contribution >= 4 is 28.6 Å². The molecule has 12 heteroatoms. The number of nitrogens with one attached hydrogen (secondary N) is 1. The average molecular weight is 478 g/mol. The van der Waals surface area contributed by atoms with Crippen molar-refractivity contribution in [2.75, 3.05) is 48.7 Å². The van der Waals surface area contributed by atoms with Crippen LogP contribution >= 0.6 is 0 Å². The Kier molecular flexibility index (Phi) is 6.43. The first-order valence-corrected chi connectivity index (χ1v) is 10.9. The number of hydrogen-bond acceptors (Lipinski definition) is 8. The summed E-state index contributed by atoms with van der Waals surface area (Å²) in [6.45, 7) is 5.53. The SMILES string of the molecule is Cc1nc(N)nc(N[C@@H](C)c2cc3ccc(F)c(C)c3nc2N2CCN(CC(F)(F)F)CC2)n1. The van der Waals surface area contributed by atoms with Crippen molar-refractivity contribution in [2.45, 2.75) is 33.0 Å². The summed E-state index contributed by atoms with van der Waals surface area (Å²) >= 11 is 0. The number of rotatable bonds is 5. The zero-order chi connectivity index (χ0) is 24.6. The lowest BCUT2D eigenvalue weighted by atomic mass is 10.0. The molecule has 3 N–H and O–H groups in total. The number of nitrogens with zero attached hydrogens (tertiary/aromatic N) is 6. The summed E-state index contributed by atoms with van der Waals surface area (Å²) < 4.78 is 52.7. The van der Waals surface area contributed by atoms with Gasteiger partial charge in [-0.1, -0.05) is 0 Å². The van der Waals surface area contributed by atoms with E-state index >= 15 is 0 Å². The molecule has 2 aromatic heterocycles. The Morgan fingerprint density at radius 2 is 1.76 bits per heavy atom. The largest absolute Gasteiger partial charge is 0.401 e. The fourth-order valence-corrected chi connectivity index (χ4v) is 4.15. The molecule has 1 aliphatic heterocycles. The Labute approximate surface area is 194 Å². The van der Waals surface area contributed by atoms with E-state index in [9.17, 15) is 17.6 Å². The number of hydrogen-bond donors (Lipinski definition) is 2. The molecule has 0 unspecified atom stereocenters. The number of fused-ring (bicyclic) bond motifs is 1. The van der Waals surface area contributed by atoms with Crippen molar-refractivity contribution in [3.05, 3.63) is 41.0 Å². The Morgan fingerprint density at radius 3 is 2.41 bits per heavy atom. The number of pyridine rings is 1. The molecule has 4 rings (SSSR count). The second-order valence-corrected chi connectivity index (χ2v) is 8.45. The summed E-state index contributed by atoms with van der Waals surface area (Å²) in [6.07, 6.45) is -4.24. The molecule has 3 aromatic rings. The van der Waals surface area contributed by atoms with Gasteiger partial charge in [0.05, 0.1) is 18.1 Å². The predicted octanol–water partition coefficient (Wildman–Crippen LogP) is 3.62. The van der Waals surface area contributed by atoms with Crippen LogP contribution in [-0.2, 0) is 0 Å². The zero-order valence-electron chi connectivity index (χ0n) is 19.1. The third-order valence-corrected chi connectivity index (χ3v) is 5.83. The molecule has 0 aliphatic carbocycles. The lowest BCUT2D eigenvalue weighted by molar-refractivity contribution is -0.146. The van der Waals surface area contributed by atoms with Crippen molar-refractivity contribution in [3.63, 3.8) is 0 Å². The third-order valence-electron chi connectivity index (χ3n) is 5.83. The van der Waals surface area contributed by atoms with Gasteiger partial charge >= 0.3 is 6.18 Å². The highest BCUT2D eigenvalue weighted by Gasteiger charge is 2.33. The first kappa shape index (κ1) is 23.9. The van der Waals surface area contributed by atoms with Crippen molar-refractivity contribution in [3.8, 4) is 0 Å². The minimum atomic E-state index is -4.24. The normalized spacial score (nSPS) is 16.1. The molecule has 1 aromatic carbocycles. The molecule has 1 atom stereocenters. The van der Waals surface area contributed by atoms with Gasteiger partial charge in [-0.25, -0.2) is 9.37 Å². The van der Waals surface area contributed by atoms with E-state index in [0.29, 0.717) is 41.8 Å². The number of aromatic nitrogens is 4. The molecule has 1 aliphatic rings. The van der Waals surface area contributed by atoms with Gasteiger partial charge in [0.15, 0.2) is 0 Å². The number of benzene rings is 1. The van der Waals surface area contributed by atoms with E-state index in [1.807, 2.05) is 17.9 Å². The monoisotopic (exact) mass is 478 g/mol. The highest BCUT2D eigenvalue weighted by molar-refractivity contribution is 5.85. The van der Waals surface area contributed by atoms with Crippen molar-refractivity contribution in [2.24, 2.45) is 0 Å². The molecule has 0 spiro atoms. The van der Waals surface area contributed by atoms with Crippen LogP contribution in [0, 0.1) is 19.7 Å². The molecule has 0 saturated carbocycles. The van der Waals surface area contributed by atoms with E-state index in [2.05, 4.69) is 20.3 Å². The molecule has 3 heterocycles. The maximum Gasteiger partial charge on any atom is 0.401 e. The van der Waals surface area contributed by atoms with Gasteiger partial charge in [-0.2, -0.15) is 28.1 Å². The summed E-state index contributed by atoms with van der Waals surface area (Å²) in [6, 6.07) is 4.65. The van der Waals surface area contributed by atoms with Gasteiger partial charge < -0.3 is 16.0 Å². The van der Waals surface area contributed by atoms with E-state index < -0.39 is 12.7 Å². The maximum absolute atomic E-state index is 14.2. The van der Waals surface area contributed by atoms with Crippen LogP contribution < -0.4 is 16.0 Å². The van der Waals surface area contributed by atoms with Crippen LogP contribution in [0.5, 0.6) is 0 Å². The van der Waals surface area contributed by atoms with Crippen LogP contribution in [0.3, 0.4) is 0 Å². The summed E-state index contributed by atoms with van der Waals surface area (Å²) in [7, 11) is 0. The Hall–Kier alpha value is -3.28. The number of alkyl halides is 3. The highest BCUT2D eigenvalue weighted by atomic mass is 19.4. The summed E-state index contributed by atoms with van der Waals surface area (Å²) in [5.74, 6) is 1.08. The highest BCUT2D eigenvalue weighted by Crippen LogP contribution is 2.32. The molecule has 0 amide bonds. The topological polar surface area (TPSA) is 96.1 Å². The smallest absolute Gasteiger partial charge is 0.368 e. The number of nitrogens with two attached hydrogens (primary N) is 1. The van der Waals surface area contributed by atoms with Gasteiger partial charge in [-0.15, -0.1) is 0 Å². The summed E-state index contributed by atoms with van der Waals surface area (Å²) in [4.78, 5) is 20.5. The standard InChI is InChI=1S/C22H26F4N8/c1-12-17(23)5-4-15-10-16(13(2)28-21-30-14(3)29-20(27)32-21)19(31-18(12)15)34-8-6-33(7-9-34)11-22(24,25)26/h4-5,10,13H,6-9,11H2,1-3H3,(H3,27,28,29,30,32)/t13-/m0/s1. The van der Waals surface area contributed by atoms with E-state index in [-0.39, 0.29) is 30.9 Å². The van der Waals surface area contributed by atoms with Crippen LogP contribution in [0.1, 0.15) is 29.9 Å². The summed E-state index contributed by atoms with van der Waals surface area (Å²) in [5.41, 5.74) is 7.47. The molecule has 0 radical (unpaired) electrons. The molecule has 1 saturated heterocycles. The van der Waals surface area contributed by atoms with Gasteiger partial charge in [0.1, 0.15) is 17.5 Å². The second-order valence-electron chi connectivity index (χ2n) is 8.45. The van der Waals surface area contributed by atoms with E-state index in [4.69, 9.17) is 10.7 Å². The van der Waals surface area contributed by atoms with E-state index in [0.717, 1.165) is 10.9 Å². The van der Waals surface area contributed by atoms with Crippen LogP contribution in [0.15, 0.2) is 18.2 Å². The Balaban J connectivity index is 1.69. The molecule has 34 heavy (non-hydrogen) atoms. The summed E-state index contributed by atoms with van der Waals surface area (Å²) in [5, 5.41) is 3.97. The van der Waals surface area contributed by atoms with Crippen LogP contribution in [0.4, 0.5) is 35.3 Å². The fraction of sp³-hybridized carbons (Fsp3) is 0.455. The number of piperazine rings is 1. The number of aryl methyl sites for hydroxylation is 2. The molecule has 8 nitrogen and oxygen atoms in total. The van der Waals surface area contributed by atoms with E-state index in [1.165, 1.54) is 11.0 Å². The molecular weight excluding hydrogens is 452 g/mol. The first-order chi connectivity index (χ1) is 16.0. The van der Waals surface area contributed by atoms with Crippen LogP contribution in [0.25, 0.3) is 10.9 Å². The zero-order valence-corrected chi connectivity index (χ0v) is 19.1. The minimum absolute atomic E-state index is 0.0888. The quantitative estimate of drug-likeness (QED) is 0.537. The van der Waals surface area contributed by atoms with Gasteiger partial charge in [-0.05, 0) is 39.0 Å². The third kappa shape index (κ3) is 5.27. The molecular formula is C22H26F4N8. The first-order valence-electron chi connectivity index (χ1n) is 10.9. The van der Waals surface area contributed by atoms with Crippen molar-refractivity contribution in [1.29, 1.82) is 0 Å². The van der Waals surface area contributed by atoms with Gasteiger partial charge in [-0.3, -0.25) is 4.90 Å². The predicted molar refractivity (Wildman–Crippen MR) is 122 cm³/mol. The lowest BCUT2D eigenvalue weighted by Crippen LogP contribution is -2.49. The fourth-order valence-electron chi connectivity index (χ4n) is 4.15. The van der Waals surface area contributed by atoms with Gasteiger partial charge in [0.2, 0.25) is 11.9 Å². The Morgan fingerprint density at radius 1 is 1.06 bits per heavy atom. The van der Waals surface area contributed by atoms with Crippen LogP contribution in [-0.4, -0.2) is 63.7 Å². The number of anilines is 3. The minimum Gasteiger partial charge on any atom is -0.368 e.